The predicted octanol–water partition coefficient (Wildman–Crippen LogP) is 1.73. The highest BCUT2D eigenvalue weighted by atomic mass is 19.4. The van der Waals surface area contributed by atoms with Crippen molar-refractivity contribution in [1.29, 1.82) is 0 Å². The van der Waals surface area contributed by atoms with Crippen molar-refractivity contribution in [3.05, 3.63) is 0 Å². The molecular formula is C5H3F7O2. The van der Waals surface area contributed by atoms with Gasteiger partial charge in [0.05, 0.1) is 6.42 Å². The zero-order chi connectivity index (χ0) is 11.8. The summed E-state index contributed by atoms with van der Waals surface area (Å²) in [6.45, 7) is 0. The van der Waals surface area contributed by atoms with Gasteiger partial charge in [0.2, 0.25) is 0 Å². The number of aliphatic hydroxyl groups is 1. The van der Waals surface area contributed by atoms with Gasteiger partial charge in [0.15, 0.2) is 0 Å². The van der Waals surface area contributed by atoms with E-state index >= 15 is 0 Å². The Balaban J connectivity index is 5.18. The van der Waals surface area contributed by atoms with Crippen LogP contribution in [-0.4, -0.2) is 29.1 Å². The lowest BCUT2D eigenvalue weighted by Crippen LogP contribution is -2.57. The van der Waals surface area contributed by atoms with Crippen molar-refractivity contribution in [3.63, 3.8) is 0 Å². The predicted molar refractivity (Wildman–Crippen MR) is 27.8 cm³/mol. The molecule has 0 saturated heterocycles. The second kappa shape index (κ2) is 3.37. The van der Waals surface area contributed by atoms with Gasteiger partial charge in [-0.25, -0.2) is 0 Å². The van der Waals surface area contributed by atoms with E-state index in [-0.39, 0.29) is 0 Å². The lowest BCUT2D eigenvalue weighted by Gasteiger charge is -2.30. The van der Waals surface area contributed by atoms with Crippen molar-refractivity contribution in [3.8, 4) is 0 Å². The lowest BCUT2D eigenvalue weighted by atomic mass is 9.99. The molecule has 0 unspecified atom stereocenters. The summed E-state index contributed by atoms with van der Waals surface area (Å²) < 4.78 is 81.5. The van der Waals surface area contributed by atoms with Gasteiger partial charge in [-0.3, -0.25) is 4.79 Å². The van der Waals surface area contributed by atoms with Crippen LogP contribution in [0.3, 0.4) is 0 Å². The summed E-state index contributed by atoms with van der Waals surface area (Å²) >= 11 is 0. The van der Waals surface area contributed by atoms with E-state index < -0.39 is 30.4 Å². The van der Waals surface area contributed by atoms with E-state index in [1.807, 2.05) is 0 Å². The fourth-order valence-corrected chi connectivity index (χ4v) is 0.562. The van der Waals surface area contributed by atoms with Crippen LogP contribution in [-0.2, 0) is 4.79 Å². The van der Waals surface area contributed by atoms with Crippen LogP contribution in [0, 0.1) is 0 Å². The number of carbonyl (C=O) groups excluding carboxylic acids is 1. The molecule has 0 aliphatic carbocycles. The van der Waals surface area contributed by atoms with E-state index in [0.717, 1.165) is 0 Å². The molecule has 84 valence electrons. The summed E-state index contributed by atoms with van der Waals surface area (Å²) in [5, 5.41) is 8.14. The molecule has 0 bridgehead atoms. The van der Waals surface area contributed by atoms with E-state index in [1.165, 1.54) is 0 Å². The fraction of sp³-hybridized carbons (Fsp3) is 0.800. The highest BCUT2D eigenvalue weighted by molar-refractivity contribution is 5.69. The molecule has 0 spiro atoms. The van der Waals surface area contributed by atoms with Crippen LogP contribution in [0.2, 0.25) is 0 Å². The molecule has 0 heterocycles. The first-order valence-electron chi connectivity index (χ1n) is 2.96. The second-order valence-electron chi connectivity index (χ2n) is 2.39. The number of rotatable bonds is 2. The molecule has 0 radical (unpaired) electrons. The van der Waals surface area contributed by atoms with Crippen LogP contribution < -0.4 is 0 Å². The van der Waals surface area contributed by atoms with Gasteiger partial charge < -0.3 is 5.11 Å². The van der Waals surface area contributed by atoms with Crippen LogP contribution in [0.25, 0.3) is 0 Å². The van der Waals surface area contributed by atoms with E-state index in [0.29, 0.717) is 0 Å². The third-order valence-electron chi connectivity index (χ3n) is 1.33. The first kappa shape index (κ1) is 13.1. The topological polar surface area (TPSA) is 37.3 Å². The molecule has 0 atom stereocenters. The Kier molecular flexibility index (Phi) is 3.16. The van der Waals surface area contributed by atoms with E-state index in [4.69, 9.17) is 5.11 Å². The average Bonchev–Trinajstić information content (AvgIpc) is 1.79. The van der Waals surface area contributed by atoms with Crippen molar-refractivity contribution in [1.82, 2.24) is 0 Å². The first-order chi connectivity index (χ1) is 5.92. The first-order valence-corrected chi connectivity index (χ1v) is 2.96. The summed E-state index contributed by atoms with van der Waals surface area (Å²) in [6, 6.07) is -2.90. The van der Waals surface area contributed by atoms with Gasteiger partial charge in [0.25, 0.3) is 5.60 Å². The van der Waals surface area contributed by atoms with Crippen molar-refractivity contribution < 1.29 is 40.6 Å². The number of hydrogen-bond acceptors (Lipinski definition) is 2. The third kappa shape index (κ3) is 2.34. The molecule has 1 N–H and O–H groups in total. The van der Waals surface area contributed by atoms with Crippen molar-refractivity contribution in [2.24, 2.45) is 0 Å². The molecule has 0 aliphatic rings. The van der Waals surface area contributed by atoms with Gasteiger partial charge in [0, 0.05) is 0 Å². The maximum Gasteiger partial charge on any atom is 0.426 e. The number of halogens is 7. The molecule has 9 heteroatoms. The Bertz CT molecular complexity index is 213. The van der Waals surface area contributed by atoms with Gasteiger partial charge in [-0.15, -0.1) is 0 Å². The van der Waals surface area contributed by atoms with Crippen molar-refractivity contribution in [2.45, 2.75) is 24.4 Å². The SMILES string of the molecule is O=C(F)CC(O)(C(F)(F)F)C(F)(F)F. The monoisotopic (exact) mass is 228 g/mol. The van der Waals surface area contributed by atoms with E-state index in [2.05, 4.69) is 0 Å². The molecule has 0 amide bonds. The molecule has 0 aliphatic heterocycles. The summed E-state index contributed by atoms with van der Waals surface area (Å²) in [6.07, 6.45) is -15.0. The summed E-state index contributed by atoms with van der Waals surface area (Å²) in [7, 11) is 0. The Morgan fingerprint density at radius 1 is 1.00 bits per heavy atom. The molecule has 0 aromatic carbocycles. The molecule has 0 saturated carbocycles. The Labute approximate surface area is 72.3 Å². The standard InChI is InChI=1S/C5H3F7O2/c6-2(13)1-3(14,4(7,8)9)5(10,11)12/h14H,1H2. The number of hydrogen-bond donors (Lipinski definition) is 1. The average molecular weight is 228 g/mol. The van der Waals surface area contributed by atoms with Gasteiger partial charge in [-0.05, 0) is 0 Å². The van der Waals surface area contributed by atoms with Crippen LogP contribution in [0.1, 0.15) is 6.42 Å². The summed E-state index contributed by atoms with van der Waals surface area (Å²) in [4.78, 5) is 9.53. The minimum Gasteiger partial charge on any atom is -0.373 e. The minimum atomic E-state index is -6.16. The van der Waals surface area contributed by atoms with Crippen molar-refractivity contribution >= 4 is 6.04 Å². The molecule has 0 rings (SSSR count). The van der Waals surface area contributed by atoms with Crippen LogP contribution in [0.4, 0.5) is 30.7 Å². The molecule has 0 aromatic rings. The number of carbonyl (C=O) groups is 1. The third-order valence-corrected chi connectivity index (χ3v) is 1.33. The Morgan fingerprint density at radius 2 is 1.29 bits per heavy atom. The second-order valence-corrected chi connectivity index (χ2v) is 2.39. The van der Waals surface area contributed by atoms with Gasteiger partial charge in [-0.1, -0.05) is 0 Å². The maximum atomic E-state index is 11.7. The van der Waals surface area contributed by atoms with E-state index in [1.54, 1.807) is 0 Å². The summed E-state index contributed by atoms with van der Waals surface area (Å²) in [5.74, 6) is 0. The zero-order valence-electron chi connectivity index (χ0n) is 6.21. The number of alkyl halides is 6. The Morgan fingerprint density at radius 3 is 1.36 bits per heavy atom. The molecule has 0 aromatic heterocycles. The summed E-state index contributed by atoms with van der Waals surface area (Å²) in [5.41, 5.74) is -5.33. The van der Waals surface area contributed by atoms with Gasteiger partial charge >= 0.3 is 18.4 Å². The van der Waals surface area contributed by atoms with Gasteiger partial charge in [0.1, 0.15) is 0 Å². The molecular weight excluding hydrogens is 225 g/mol. The normalized spacial score (nSPS) is 14.3. The highest BCUT2D eigenvalue weighted by Gasteiger charge is 2.71. The smallest absolute Gasteiger partial charge is 0.373 e. The largest absolute Gasteiger partial charge is 0.426 e. The minimum absolute atomic E-state index is 2.69. The van der Waals surface area contributed by atoms with Crippen LogP contribution in [0.15, 0.2) is 0 Å². The fourth-order valence-electron chi connectivity index (χ4n) is 0.562. The molecule has 0 fully saturated rings. The maximum absolute atomic E-state index is 11.7. The van der Waals surface area contributed by atoms with Crippen molar-refractivity contribution in [2.75, 3.05) is 0 Å². The van der Waals surface area contributed by atoms with Crippen LogP contribution in [0.5, 0.6) is 0 Å². The molecule has 14 heavy (non-hydrogen) atoms. The zero-order valence-corrected chi connectivity index (χ0v) is 6.21. The lowest BCUT2D eigenvalue weighted by molar-refractivity contribution is -0.367. The van der Waals surface area contributed by atoms with Gasteiger partial charge in [-0.2, -0.15) is 30.7 Å². The Hall–Kier alpha value is -0.860. The van der Waals surface area contributed by atoms with E-state index in [9.17, 15) is 35.5 Å². The highest BCUT2D eigenvalue weighted by Crippen LogP contribution is 2.45. The van der Waals surface area contributed by atoms with Crippen LogP contribution >= 0.6 is 0 Å². The molecule has 2 nitrogen and oxygen atoms in total. The quantitative estimate of drug-likeness (QED) is 0.577.